The Kier molecular flexibility index (Phi) is 8.75. The molecule has 0 aromatic heterocycles. The first kappa shape index (κ1) is 23.9. The quantitative estimate of drug-likeness (QED) is 0.589. The number of hydrogen-bond acceptors (Lipinski definition) is 8. The van der Waals surface area contributed by atoms with Gasteiger partial charge in [-0.05, 0) is 11.1 Å². The van der Waals surface area contributed by atoms with Gasteiger partial charge in [0.2, 0.25) is 6.29 Å². The molecule has 0 spiro atoms. The van der Waals surface area contributed by atoms with Crippen LogP contribution < -0.4 is 0 Å². The summed E-state index contributed by atoms with van der Waals surface area (Å²) < 4.78 is 28.7. The second-order valence-corrected chi connectivity index (χ2v) is 7.43. The Balaban J connectivity index is 1.87. The van der Waals surface area contributed by atoms with Crippen LogP contribution in [0.4, 0.5) is 0 Å². The van der Waals surface area contributed by atoms with Crippen LogP contribution in [0.25, 0.3) is 0 Å². The maximum atomic E-state index is 11.8. The van der Waals surface area contributed by atoms with Crippen molar-refractivity contribution in [3.05, 3.63) is 71.8 Å². The molecule has 3 rings (SSSR count). The Hall–Kier alpha value is -2.78. The summed E-state index contributed by atoms with van der Waals surface area (Å²) in [4.78, 5) is 23.5. The number of aliphatic hydroxyl groups is 1. The topological polar surface area (TPSA) is 101 Å². The van der Waals surface area contributed by atoms with E-state index in [1.54, 1.807) is 0 Å². The van der Waals surface area contributed by atoms with E-state index in [0.29, 0.717) is 0 Å². The zero-order valence-corrected chi connectivity index (χ0v) is 18.1. The van der Waals surface area contributed by atoms with Crippen LogP contribution in [0.2, 0.25) is 0 Å². The lowest BCUT2D eigenvalue weighted by atomic mass is 9.98. The molecule has 0 aliphatic carbocycles. The highest BCUT2D eigenvalue weighted by atomic mass is 16.7. The number of carbonyl (C=O) groups excluding carboxylic acids is 2. The summed E-state index contributed by atoms with van der Waals surface area (Å²) in [5, 5.41) is 9.97. The number of carbonyl (C=O) groups is 2. The van der Waals surface area contributed by atoms with E-state index in [4.69, 9.17) is 23.7 Å². The van der Waals surface area contributed by atoms with Crippen LogP contribution in [0.15, 0.2) is 60.7 Å². The van der Waals surface area contributed by atoms with E-state index in [9.17, 15) is 14.7 Å². The van der Waals surface area contributed by atoms with Gasteiger partial charge in [0.05, 0.1) is 19.8 Å². The van der Waals surface area contributed by atoms with Crippen LogP contribution >= 0.6 is 0 Å². The fourth-order valence-electron chi connectivity index (χ4n) is 3.53. The van der Waals surface area contributed by atoms with E-state index >= 15 is 0 Å². The van der Waals surface area contributed by atoms with Crippen LogP contribution in [0.3, 0.4) is 0 Å². The average Bonchev–Trinajstić information content (AvgIpc) is 2.78. The molecule has 0 saturated carbocycles. The number of aliphatic hydroxyl groups excluding tert-OH is 1. The minimum absolute atomic E-state index is 0.194. The Morgan fingerprint density at radius 3 is 1.75 bits per heavy atom. The Morgan fingerprint density at radius 2 is 1.28 bits per heavy atom. The van der Waals surface area contributed by atoms with Crippen LogP contribution in [0.1, 0.15) is 25.0 Å². The maximum absolute atomic E-state index is 11.8. The molecule has 2 aromatic carbocycles. The molecule has 32 heavy (non-hydrogen) atoms. The Bertz CT molecular complexity index is 857. The lowest BCUT2D eigenvalue weighted by Gasteiger charge is -2.44. The third-order valence-corrected chi connectivity index (χ3v) is 4.93. The zero-order valence-electron chi connectivity index (χ0n) is 18.1. The molecular formula is C24H28O8. The van der Waals surface area contributed by atoms with Gasteiger partial charge in [-0.2, -0.15) is 0 Å². The highest BCUT2D eigenvalue weighted by Crippen LogP contribution is 2.30. The first-order valence-corrected chi connectivity index (χ1v) is 10.4. The van der Waals surface area contributed by atoms with Crippen LogP contribution in [0, 0.1) is 0 Å². The highest BCUT2D eigenvalue weighted by molar-refractivity contribution is 5.67. The summed E-state index contributed by atoms with van der Waals surface area (Å²) in [6, 6.07) is 18.9. The molecular weight excluding hydrogens is 416 g/mol. The fourth-order valence-corrected chi connectivity index (χ4v) is 3.53. The smallest absolute Gasteiger partial charge is 0.305 e. The number of hydrogen-bond donors (Lipinski definition) is 1. The summed E-state index contributed by atoms with van der Waals surface area (Å²) in [6.45, 7) is 2.48. The second-order valence-electron chi connectivity index (χ2n) is 7.43. The minimum Gasteiger partial charge on any atom is -0.453 e. The van der Waals surface area contributed by atoms with Crippen molar-refractivity contribution in [2.75, 3.05) is 6.61 Å². The van der Waals surface area contributed by atoms with Crippen LogP contribution in [0.5, 0.6) is 0 Å². The normalized spacial score (nSPS) is 25.2. The first-order valence-electron chi connectivity index (χ1n) is 10.4. The van der Waals surface area contributed by atoms with Gasteiger partial charge >= 0.3 is 11.9 Å². The third-order valence-electron chi connectivity index (χ3n) is 4.93. The van der Waals surface area contributed by atoms with Crippen molar-refractivity contribution >= 4 is 11.9 Å². The lowest BCUT2D eigenvalue weighted by molar-refractivity contribution is -0.311. The molecule has 0 amide bonds. The van der Waals surface area contributed by atoms with Crippen molar-refractivity contribution in [3.8, 4) is 0 Å². The molecule has 172 valence electrons. The fraction of sp³-hybridized carbons (Fsp3) is 0.417. The molecule has 1 aliphatic rings. The third kappa shape index (κ3) is 6.61. The predicted octanol–water partition coefficient (Wildman–Crippen LogP) is 2.37. The van der Waals surface area contributed by atoms with E-state index < -0.39 is 49.3 Å². The molecule has 8 heteroatoms. The average molecular weight is 444 g/mol. The van der Waals surface area contributed by atoms with Gasteiger partial charge in [-0.3, -0.25) is 9.59 Å². The Labute approximate surface area is 187 Å². The molecule has 8 nitrogen and oxygen atoms in total. The molecule has 0 bridgehead atoms. The first-order chi connectivity index (χ1) is 15.5. The predicted molar refractivity (Wildman–Crippen MR) is 113 cm³/mol. The summed E-state index contributed by atoms with van der Waals surface area (Å²) in [6.07, 6.45) is -4.84. The van der Waals surface area contributed by atoms with E-state index in [1.807, 2.05) is 60.7 Å². The summed E-state index contributed by atoms with van der Waals surface area (Å²) in [7, 11) is 0. The molecule has 0 unspecified atom stereocenters. The van der Waals surface area contributed by atoms with Gasteiger partial charge < -0.3 is 28.8 Å². The lowest BCUT2D eigenvalue weighted by Crippen LogP contribution is -2.62. The van der Waals surface area contributed by atoms with Crippen molar-refractivity contribution in [1.82, 2.24) is 0 Å². The van der Waals surface area contributed by atoms with E-state index in [1.165, 1.54) is 13.8 Å². The standard InChI is InChI=1S/C24H28O8/c1-16(26)30-23-22(29-15-19-11-7-4-8-12-19)21(28-14-18-9-5-3-6-10-18)20(13-25)32-24(23)31-17(2)27/h3-12,20-25H,13-15H2,1-2H3/t20-,21-,22+,23-,24-/m1/s1. The van der Waals surface area contributed by atoms with Gasteiger partial charge in [0.1, 0.15) is 18.3 Å². The number of rotatable bonds is 9. The minimum atomic E-state index is -1.24. The number of ether oxygens (including phenoxy) is 5. The van der Waals surface area contributed by atoms with E-state index in [0.717, 1.165) is 11.1 Å². The van der Waals surface area contributed by atoms with Gasteiger partial charge in [-0.25, -0.2) is 0 Å². The van der Waals surface area contributed by atoms with E-state index in [2.05, 4.69) is 0 Å². The monoisotopic (exact) mass is 444 g/mol. The van der Waals surface area contributed by atoms with Crippen LogP contribution in [-0.4, -0.2) is 54.4 Å². The largest absolute Gasteiger partial charge is 0.453 e. The molecule has 1 heterocycles. The summed E-state index contributed by atoms with van der Waals surface area (Å²) >= 11 is 0. The molecule has 1 fully saturated rings. The molecule has 1 aliphatic heterocycles. The SMILES string of the molecule is CC(=O)O[C@@H]1O[C@H](CO)[C@@H](OCc2ccccc2)[C@H](OCc2ccccc2)[C@H]1OC(C)=O. The van der Waals surface area contributed by atoms with Gasteiger partial charge in [0.25, 0.3) is 0 Å². The molecule has 0 radical (unpaired) electrons. The van der Waals surface area contributed by atoms with Gasteiger partial charge in [-0.1, -0.05) is 60.7 Å². The Morgan fingerprint density at radius 1 is 0.781 bits per heavy atom. The van der Waals surface area contributed by atoms with Crippen molar-refractivity contribution in [2.45, 2.75) is 57.8 Å². The second kappa shape index (κ2) is 11.7. The van der Waals surface area contributed by atoms with Gasteiger partial charge in [-0.15, -0.1) is 0 Å². The summed E-state index contributed by atoms with van der Waals surface area (Å²) in [5.74, 6) is -1.21. The number of esters is 2. The van der Waals surface area contributed by atoms with Gasteiger partial charge in [0.15, 0.2) is 6.10 Å². The van der Waals surface area contributed by atoms with Crippen molar-refractivity contribution < 1.29 is 38.4 Å². The van der Waals surface area contributed by atoms with Gasteiger partial charge in [0, 0.05) is 13.8 Å². The molecule has 1 saturated heterocycles. The van der Waals surface area contributed by atoms with Crippen molar-refractivity contribution in [2.24, 2.45) is 0 Å². The number of benzene rings is 2. The van der Waals surface area contributed by atoms with Crippen LogP contribution in [-0.2, 0) is 46.5 Å². The molecule has 5 atom stereocenters. The molecule has 1 N–H and O–H groups in total. The van der Waals surface area contributed by atoms with Crippen molar-refractivity contribution in [3.63, 3.8) is 0 Å². The zero-order chi connectivity index (χ0) is 22.9. The highest BCUT2D eigenvalue weighted by Gasteiger charge is 2.50. The van der Waals surface area contributed by atoms with E-state index in [-0.39, 0.29) is 13.2 Å². The maximum Gasteiger partial charge on any atom is 0.305 e. The summed E-state index contributed by atoms with van der Waals surface area (Å²) in [5.41, 5.74) is 1.81. The molecule has 2 aromatic rings. The van der Waals surface area contributed by atoms with Crippen molar-refractivity contribution in [1.29, 1.82) is 0 Å².